The number of likely N-dealkylation sites (tertiary alicyclic amines) is 1. The summed E-state index contributed by atoms with van der Waals surface area (Å²) in [5, 5.41) is 3.20. The highest BCUT2D eigenvalue weighted by atomic mass is 16.5. The van der Waals surface area contributed by atoms with Crippen LogP contribution in [-0.2, 0) is 9.53 Å². The molecule has 1 aliphatic heterocycles. The summed E-state index contributed by atoms with van der Waals surface area (Å²) in [5.41, 5.74) is 2.08. The molecule has 166 valence electrons. The summed E-state index contributed by atoms with van der Waals surface area (Å²) in [4.78, 5) is 43.2. The smallest absolute Gasteiger partial charge is 0.340 e. The zero-order chi connectivity index (χ0) is 21.8. The van der Waals surface area contributed by atoms with Crippen molar-refractivity contribution >= 4 is 17.8 Å². The van der Waals surface area contributed by atoms with Crippen molar-refractivity contribution in [3.63, 3.8) is 0 Å². The van der Waals surface area contributed by atoms with Crippen LogP contribution >= 0.6 is 0 Å². The molecular formula is C23H35N3O4. The molecule has 2 heterocycles. The molecule has 0 unspecified atom stereocenters. The van der Waals surface area contributed by atoms with Crippen molar-refractivity contribution in [1.29, 1.82) is 0 Å². The van der Waals surface area contributed by atoms with Crippen LogP contribution in [-0.4, -0.2) is 52.9 Å². The van der Waals surface area contributed by atoms with Gasteiger partial charge in [0, 0.05) is 24.8 Å². The average molecular weight is 418 g/mol. The van der Waals surface area contributed by atoms with Gasteiger partial charge in [0.25, 0.3) is 5.91 Å². The average Bonchev–Trinajstić information content (AvgIpc) is 3.01. The highest BCUT2D eigenvalue weighted by Gasteiger charge is 2.32. The second kappa shape index (κ2) is 9.67. The molecule has 1 saturated carbocycles. The number of rotatable bonds is 5. The Morgan fingerprint density at radius 2 is 1.77 bits per heavy atom. The minimum Gasteiger partial charge on any atom is -0.459 e. The molecule has 2 fully saturated rings. The van der Waals surface area contributed by atoms with E-state index in [1.807, 2.05) is 0 Å². The normalized spacial score (nSPS) is 20.3. The highest BCUT2D eigenvalue weighted by Crippen LogP contribution is 2.25. The molecule has 7 nitrogen and oxygen atoms in total. The topological polar surface area (TPSA) is 91.5 Å². The molecule has 2 N–H and O–H groups in total. The summed E-state index contributed by atoms with van der Waals surface area (Å²) in [6.45, 7) is 8.18. The van der Waals surface area contributed by atoms with Crippen LogP contribution in [0, 0.1) is 19.8 Å². The van der Waals surface area contributed by atoms with Gasteiger partial charge in [0.15, 0.2) is 0 Å². The third kappa shape index (κ3) is 5.05. The van der Waals surface area contributed by atoms with E-state index in [1.54, 1.807) is 32.6 Å². The Balaban J connectivity index is 1.67. The first-order valence-corrected chi connectivity index (χ1v) is 11.3. The largest absolute Gasteiger partial charge is 0.459 e. The van der Waals surface area contributed by atoms with Crippen molar-refractivity contribution in [3.8, 4) is 0 Å². The van der Waals surface area contributed by atoms with Crippen molar-refractivity contribution in [2.24, 2.45) is 5.92 Å². The van der Waals surface area contributed by atoms with Gasteiger partial charge in [0.05, 0.1) is 17.6 Å². The SMILES string of the molecule is Cc1[nH]c(C(=O)N2CCC[C@@H](C(=O)NC3CCCCC3)C2)c(C)c1C(=O)OC(C)C. The summed E-state index contributed by atoms with van der Waals surface area (Å²) in [6, 6.07) is 0.278. The van der Waals surface area contributed by atoms with Crippen LogP contribution in [0.25, 0.3) is 0 Å². The number of aromatic nitrogens is 1. The summed E-state index contributed by atoms with van der Waals surface area (Å²) in [7, 11) is 0. The number of amides is 2. The Hall–Kier alpha value is -2.31. The molecule has 1 atom stereocenters. The number of hydrogen-bond acceptors (Lipinski definition) is 4. The number of carbonyl (C=O) groups is 3. The number of ether oxygens (including phenoxy) is 1. The van der Waals surface area contributed by atoms with Crippen molar-refractivity contribution in [1.82, 2.24) is 15.2 Å². The molecule has 0 bridgehead atoms. The maximum Gasteiger partial charge on any atom is 0.340 e. The van der Waals surface area contributed by atoms with Gasteiger partial charge in [-0.2, -0.15) is 0 Å². The van der Waals surface area contributed by atoms with E-state index in [2.05, 4.69) is 10.3 Å². The molecule has 0 spiro atoms. The van der Waals surface area contributed by atoms with Crippen molar-refractivity contribution in [2.45, 2.75) is 84.8 Å². The second-order valence-corrected chi connectivity index (χ2v) is 9.01. The van der Waals surface area contributed by atoms with E-state index in [0.717, 1.165) is 25.7 Å². The summed E-state index contributed by atoms with van der Waals surface area (Å²) in [6.07, 6.45) is 7.08. The number of carbonyl (C=O) groups excluding carboxylic acids is 3. The number of nitrogens with zero attached hydrogens (tertiary/aromatic N) is 1. The Bertz CT molecular complexity index is 793. The predicted molar refractivity (Wildman–Crippen MR) is 114 cm³/mol. The van der Waals surface area contributed by atoms with Gasteiger partial charge in [-0.25, -0.2) is 4.79 Å². The second-order valence-electron chi connectivity index (χ2n) is 9.01. The molecule has 1 aromatic rings. The molecule has 30 heavy (non-hydrogen) atoms. The van der Waals surface area contributed by atoms with Gasteiger partial charge in [-0.1, -0.05) is 19.3 Å². The molecule has 2 amide bonds. The Morgan fingerprint density at radius 3 is 2.43 bits per heavy atom. The molecular weight excluding hydrogens is 382 g/mol. The number of nitrogens with one attached hydrogen (secondary N) is 2. The van der Waals surface area contributed by atoms with Gasteiger partial charge in [0.1, 0.15) is 5.69 Å². The van der Waals surface area contributed by atoms with Crippen molar-refractivity contribution < 1.29 is 19.1 Å². The third-order valence-electron chi connectivity index (χ3n) is 6.23. The lowest BCUT2D eigenvalue weighted by Gasteiger charge is -2.33. The maximum absolute atomic E-state index is 13.2. The number of esters is 1. The zero-order valence-corrected chi connectivity index (χ0v) is 18.7. The van der Waals surface area contributed by atoms with Crippen LogP contribution in [0.4, 0.5) is 0 Å². The first-order valence-electron chi connectivity index (χ1n) is 11.3. The van der Waals surface area contributed by atoms with Crippen LogP contribution < -0.4 is 5.32 Å². The summed E-state index contributed by atoms with van der Waals surface area (Å²) >= 11 is 0. The first-order chi connectivity index (χ1) is 14.3. The highest BCUT2D eigenvalue weighted by molar-refractivity contribution is 6.00. The van der Waals surface area contributed by atoms with Gasteiger partial charge in [-0.3, -0.25) is 9.59 Å². The monoisotopic (exact) mass is 417 g/mol. The van der Waals surface area contributed by atoms with Gasteiger partial charge in [-0.15, -0.1) is 0 Å². The molecule has 0 aromatic carbocycles. The fraction of sp³-hybridized carbons (Fsp3) is 0.696. The van der Waals surface area contributed by atoms with Gasteiger partial charge in [-0.05, 0) is 58.9 Å². The number of aromatic amines is 1. The lowest BCUT2D eigenvalue weighted by atomic mass is 9.93. The quantitative estimate of drug-likeness (QED) is 0.718. The molecule has 1 saturated heterocycles. The number of piperidine rings is 1. The van der Waals surface area contributed by atoms with Gasteiger partial charge in [0.2, 0.25) is 5.91 Å². The first kappa shape index (κ1) is 22.4. The fourth-order valence-corrected chi connectivity index (χ4v) is 4.64. The van der Waals surface area contributed by atoms with E-state index in [9.17, 15) is 14.4 Å². The van der Waals surface area contributed by atoms with E-state index < -0.39 is 5.97 Å². The molecule has 2 aliphatic rings. The molecule has 0 radical (unpaired) electrons. The van der Waals surface area contributed by atoms with Crippen molar-refractivity contribution in [2.75, 3.05) is 13.1 Å². The number of aryl methyl sites for hydroxylation is 1. The number of hydrogen-bond donors (Lipinski definition) is 2. The van der Waals surface area contributed by atoms with Crippen LogP contribution in [0.5, 0.6) is 0 Å². The summed E-state index contributed by atoms with van der Waals surface area (Å²) in [5.74, 6) is -0.681. The standard InChI is InChI=1S/C23H35N3O4/c1-14(2)30-23(29)19-15(3)20(24-16(19)4)22(28)26-12-8-9-17(13-26)21(27)25-18-10-6-5-7-11-18/h14,17-18,24H,5-13H2,1-4H3,(H,25,27)/t17-/m1/s1. The van der Waals surface area contributed by atoms with Gasteiger partial charge < -0.3 is 19.9 Å². The van der Waals surface area contributed by atoms with E-state index in [1.165, 1.54) is 19.3 Å². The maximum atomic E-state index is 13.2. The van der Waals surface area contributed by atoms with Gasteiger partial charge >= 0.3 is 5.97 Å². The van der Waals surface area contributed by atoms with Crippen molar-refractivity contribution in [3.05, 3.63) is 22.5 Å². The fourth-order valence-electron chi connectivity index (χ4n) is 4.64. The lowest BCUT2D eigenvalue weighted by molar-refractivity contribution is -0.127. The third-order valence-corrected chi connectivity index (χ3v) is 6.23. The van der Waals surface area contributed by atoms with E-state index >= 15 is 0 Å². The van der Waals surface area contributed by atoms with E-state index in [4.69, 9.17) is 4.74 Å². The molecule has 3 rings (SSSR count). The molecule has 1 aromatic heterocycles. The van der Waals surface area contributed by atoms with E-state index in [-0.39, 0.29) is 29.9 Å². The lowest BCUT2D eigenvalue weighted by Crippen LogP contribution is -2.48. The Kier molecular flexibility index (Phi) is 7.21. The van der Waals surface area contributed by atoms with E-state index in [0.29, 0.717) is 35.6 Å². The summed E-state index contributed by atoms with van der Waals surface area (Å²) < 4.78 is 5.32. The van der Waals surface area contributed by atoms with Crippen LogP contribution in [0.2, 0.25) is 0 Å². The van der Waals surface area contributed by atoms with Crippen LogP contribution in [0.3, 0.4) is 0 Å². The minimum absolute atomic E-state index is 0.0694. The molecule has 7 heteroatoms. The van der Waals surface area contributed by atoms with Crippen LogP contribution in [0.1, 0.15) is 90.9 Å². The Labute approximate surface area is 178 Å². The minimum atomic E-state index is -0.418. The zero-order valence-electron chi connectivity index (χ0n) is 18.7. The van der Waals surface area contributed by atoms with Crippen LogP contribution in [0.15, 0.2) is 0 Å². The Morgan fingerprint density at radius 1 is 1.07 bits per heavy atom. The molecule has 1 aliphatic carbocycles. The predicted octanol–water partition coefficient (Wildman–Crippen LogP) is 3.50. The number of H-pyrrole nitrogens is 1.